The van der Waals surface area contributed by atoms with Crippen molar-refractivity contribution < 1.29 is 27.1 Å². The van der Waals surface area contributed by atoms with Gasteiger partial charge in [0.05, 0.1) is 24.5 Å². The van der Waals surface area contributed by atoms with Crippen LogP contribution in [0.2, 0.25) is 0 Å². The molecular formula is C21H22FN3O5S. The van der Waals surface area contributed by atoms with Gasteiger partial charge in [-0.1, -0.05) is 0 Å². The normalized spacial score (nSPS) is 17.7. The van der Waals surface area contributed by atoms with Gasteiger partial charge in [0, 0.05) is 30.4 Å². The average Bonchev–Trinajstić information content (AvgIpc) is 2.93. The van der Waals surface area contributed by atoms with Gasteiger partial charge in [-0.15, -0.1) is 0 Å². The van der Waals surface area contributed by atoms with E-state index in [9.17, 15) is 22.4 Å². The zero-order valence-corrected chi connectivity index (χ0v) is 17.9. The van der Waals surface area contributed by atoms with Crippen LogP contribution in [0.15, 0.2) is 41.3 Å². The molecule has 8 nitrogen and oxygen atoms in total. The number of fused-ring (bicyclic) bond motifs is 1. The zero-order chi connectivity index (χ0) is 22.3. The number of amides is 2. The van der Waals surface area contributed by atoms with E-state index >= 15 is 0 Å². The highest BCUT2D eigenvalue weighted by atomic mass is 32.2. The molecule has 1 N–H and O–H groups in total. The second-order valence-electron chi connectivity index (χ2n) is 7.63. The van der Waals surface area contributed by atoms with E-state index < -0.39 is 33.7 Å². The minimum Gasteiger partial charge on any atom is -0.378 e. The van der Waals surface area contributed by atoms with Crippen LogP contribution in [-0.2, 0) is 14.8 Å². The number of carbonyl (C=O) groups excluding carboxylic acids is 2. The molecule has 2 aromatic carbocycles. The van der Waals surface area contributed by atoms with E-state index in [4.69, 9.17) is 4.74 Å². The van der Waals surface area contributed by atoms with Crippen molar-refractivity contribution in [3.05, 3.63) is 53.3 Å². The molecule has 31 heavy (non-hydrogen) atoms. The Hall–Kier alpha value is -2.98. The molecule has 0 aromatic heterocycles. The number of ether oxygens (including phenoxy) is 1. The van der Waals surface area contributed by atoms with Gasteiger partial charge < -0.3 is 15.0 Å². The Morgan fingerprint density at radius 1 is 1.13 bits per heavy atom. The third-order valence-corrected chi connectivity index (χ3v) is 7.24. The number of anilines is 2. The molecule has 1 saturated heterocycles. The van der Waals surface area contributed by atoms with Gasteiger partial charge in [0.1, 0.15) is 10.7 Å². The molecule has 0 atom stereocenters. The van der Waals surface area contributed by atoms with Crippen LogP contribution in [0.4, 0.5) is 15.8 Å². The summed E-state index contributed by atoms with van der Waals surface area (Å²) in [5.74, 6) is -1.70. The molecule has 4 rings (SSSR count). The molecule has 2 aliphatic heterocycles. The first-order chi connectivity index (χ1) is 14.7. The number of nitrogens with zero attached hydrogens (tertiary/aromatic N) is 2. The molecule has 0 spiro atoms. The molecule has 10 heteroatoms. The molecule has 2 heterocycles. The molecule has 0 aliphatic carbocycles. The summed E-state index contributed by atoms with van der Waals surface area (Å²) in [6, 6.07) is 7.73. The van der Waals surface area contributed by atoms with Crippen LogP contribution >= 0.6 is 0 Å². The van der Waals surface area contributed by atoms with Crippen LogP contribution in [0, 0.1) is 5.82 Å². The quantitative estimate of drug-likeness (QED) is 0.774. The number of nitrogens with one attached hydrogen (secondary N) is 1. The lowest BCUT2D eigenvalue weighted by molar-refractivity contribution is 0.0846. The molecule has 0 bridgehead atoms. The number of carbonyl (C=O) groups is 2. The van der Waals surface area contributed by atoms with E-state index in [0.717, 1.165) is 4.31 Å². The third-order valence-electron chi connectivity index (χ3n) is 5.24. The van der Waals surface area contributed by atoms with Gasteiger partial charge in [0.25, 0.3) is 21.8 Å². The third kappa shape index (κ3) is 3.77. The maximum absolute atomic E-state index is 14.6. The van der Waals surface area contributed by atoms with Gasteiger partial charge in [-0.25, -0.2) is 17.1 Å². The number of rotatable bonds is 4. The summed E-state index contributed by atoms with van der Waals surface area (Å²) in [5, 5.41) is 2.58. The van der Waals surface area contributed by atoms with Crippen LogP contribution < -0.4 is 10.2 Å². The molecular weight excluding hydrogens is 425 g/mol. The van der Waals surface area contributed by atoms with Crippen molar-refractivity contribution in [1.29, 1.82) is 0 Å². The van der Waals surface area contributed by atoms with Crippen molar-refractivity contribution >= 4 is 33.2 Å². The summed E-state index contributed by atoms with van der Waals surface area (Å²) in [6.45, 7) is 5.41. The first-order valence-electron chi connectivity index (χ1n) is 9.86. The minimum absolute atomic E-state index is 0.0335. The second kappa shape index (κ2) is 7.93. The van der Waals surface area contributed by atoms with Gasteiger partial charge in [-0.05, 0) is 50.2 Å². The molecule has 0 saturated carbocycles. The van der Waals surface area contributed by atoms with E-state index in [-0.39, 0.29) is 21.7 Å². The predicted molar refractivity (Wildman–Crippen MR) is 112 cm³/mol. The summed E-state index contributed by atoms with van der Waals surface area (Å²) in [7, 11) is -4.02. The Bertz CT molecular complexity index is 1160. The fourth-order valence-corrected chi connectivity index (χ4v) is 5.54. The van der Waals surface area contributed by atoms with Crippen molar-refractivity contribution in [2.24, 2.45) is 0 Å². The number of benzene rings is 2. The molecule has 2 amide bonds. The number of morpholine rings is 1. The average molecular weight is 447 g/mol. The van der Waals surface area contributed by atoms with E-state index in [0.29, 0.717) is 32.0 Å². The van der Waals surface area contributed by atoms with Gasteiger partial charge in [0.15, 0.2) is 0 Å². The lowest BCUT2D eigenvalue weighted by Gasteiger charge is -2.29. The lowest BCUT2D eigenvalue weighted by atomic mass is 10.1. The van der Waals surface area contributed by atoms with E-state index in [1.165, 1.54) is 24.3 Å². The SMILES string of the molecule is CC(C)N1C(=O)c2ccc(C(=O)Nc3ccc(N4CCOCC4)c(F)c3)cc2S1(=O)=O. The highest BCUT2D eigenvalue weighted by molar-refractivity contribution is 7.90. The maximum atomic E-state index is 14.6. The lowest BCUT2D eigenvalue weighted by Crippen LogP contribution is -2.36. The first-order valence-corrected chi connectivity index (χ1v) is 11.3. The van der Waals surface area contributed by atoms with Gasteiger partial charge in [-0.2, -0.15) is 0 Å². The Labute approximate surface area is 179 Å². The van der Waals surface area contributed by atoms with Crippen LogP contribution in [0.1, 0.15) is 34.6 Å². The number of hydrogen-bond donors (Lipinski definition) is 1. The Kier molecular flexibility index (Phi) is 5.44. The van der Waals surface area contributed by atoms with E-state index in [1.807, 2.05) is 4.90 Å². The maximum Gasteiger partial charge on any atom is 0.269 e. The largest absolute Gasteiger partial charge is 0.378 e. The van der Waals surface area contributed by atoms with Crippen LogP contribution in [-0.4, -0.2) is 56.9 Å². The smallest absolute Gasteiger partial charge is 0.269 e. The number of sulfonamides is 1. The predicted octanol–water partition coefficient (Wildman–Crippen LogP) is 2.47. The topological polar surface area (TPSA) is 96.0 Å². The Balaban J connectivity index is 1.56. The summed E-state index contributed by atoms with van der Waals surface area (Å²) < 4.78 is 46.1. The van der Waals surface area contributed by atoms with Crippen molar-refractivity contribution in [2.75, 3.05) is 36.5 Å². The van der Waals surface area contributed by atoms with Gasteiger partial charge in [-0.3, -0.25) is 9.59 Å². The molecule has 2 aromatic rings. The van der Waals surface area contributed by atoms with Crippen LogP contribution in [0.25, 0.3) is 0 Å². The highest BCUT2D eigenvalue weighted by Crippen LogP contribution is 2.33. The van der Waals surface area contributed by atoms with Crippen LogP contribution in [0.5, 0.6) is 0 Å². The molecule has 0 unspecified atom stereocenters. The van der Waals surface area contributed by atoms with Crippen molar-refractivity contribution in [3.63, 3.8) is 0 Å². The summed E-state index contributed by atoms with van der Waals surface area (Å²) in [5.41, 5.74) is 0.754. The second-order valence-corrected chi connectivity index (χ2v) is 9.41. The monoisotopic (exact) mass is 447 g/mol. The fraction of sp³-hybridized carbons (Fsp3) is 0.333. The van der Waals surface area contributed by atoms with Crippen molar-refractivity contribution in [2.45, 2.75) is 24.8 Å². The fourth-order valence-electron chi connectivity index (χ4n) is 3.75. The summed E-state index contributed by atoms with van der Waals surface area (Å²) >= 11 is 0. The molecule has 0 radical (unpaired) electrons. The van der Waals surface area contributed by atoms with Crippen molar-refractivity contribution in [1.82, 2.24) is 4.31 Å². The highest BCUT2D eigenvalue weighted by Gasteiger charge is 2.42. The van der Waals surface area contributed by atoms with E-state index in [2.05, 4.69) is 5.32 Å². The van der Waals surface area contributed by atoms with Crippen LogP contribution in [0.3, 0.4) is 0 Å². The Morgan fingerprint density at radius 3 is 2.48 bits per heavy atom. The standard InChI is InChI=1S/C21H22FN3O5S/c1-13(2)25-21(27)16-5-3-14(11-19(16)31(25,28)29)20(26)23-15-4-6-18(17(22)12-15)24-7-9-30-10-8-24/h3-6,11-13H,7-10H2,1-2H3,(H,23,26). The minimum atomic E-state index is -4.02. The molecule has 164 valence electrons. The molecule has 1 fully saturated rings. The summed E-state index contributed by atoms with van der Waals surface area (Å²) in [6.07, 6.45) is 0. The van der Waals surface area contributed by atoms with Gasteiger partial charge >= 0.3 is 0 Å². The van der Waals surface area contributed by atoms with Gasteiger partial charge in [0.2, 0.25) is 0 Å². The van der Waals surface area contributed by atoms with Crippen molar-refractivity contribution in [3.8, 4) is 0 Å². The molecule has 2 aliphatic rings. The first kappa shape index (κ1) is 21.3. The number of halogens is 1. The van der Waals surface area contributed by atoms with E-state index in [1.54, 1.807) is 26.0 Å². The number of hydrogen-bond acceptors (Lipinski definition) is 6. The zero-order valence-electron chi connectivity index (χ0n) is 17.1. The summed E-state index contributed by atoms with van der Waals surface area (Å²) in [4.78, 5) is 26.8. The Morgan fingerprint density at radius 2 is 1.84 bits per heavy atom.